The lowest BCUT2D eigenvalue weighted by Gasteiger charge is -2.04. The number of anilines is 1. The van der Waals surface area contributed by atoms with Crippen LogP contribution in [0.15, 0.2) is 30.6 Å². The molecule has 2 aromatic rings. The lowest BCUT2D eigenvalue weighted by atomic mass is 10.0. The molecule has 0 bridgehead atoms. The third kappa shape index (κ3) is 2.44. The highest BCUT2D eigenvalue weighted by Crippen LogP contribution is 2.16. The summed E-state index contributed by atoms with van der Waals surface area (Å²) in [6.45, 7) is 0. The summed E-state index contributed by atoms with van der Waals surface area (Å²) >= 11 is 0. The minimum absolute atomic E-state index is 0.361. The van der Waals surface area contributed by atoms with E-state index in [1.54, 1.807) is 23.0 Å². The highest BCUT2D eigenvalue weighted by molar-refractivity contribution is 5.98. The van der Waals surface area contributed by atoms with Crippen LogP contribution in [0.2, 0.25) is 0 Å². The maximum absolute atomic E-state index is 11.0. The van der Waals surface area contributed by atoms with Crippen molar-refractivity contribution in [1.82, 2.24) is 9.78 Å². The summed E-state index contributed by atoms with van der Waals surface area (Å²) in [4.78, 5) is 11.0. The number of nitrogens with two attached hydrogens (primary N) is 2. The van der Waals surface area contributed by atoms with Gasteiger partial charge in [-0.15, -0.1) is 0 Å². The molecule has 2 rings (SSSR count). The Morgan fingerprint density at radius 3 is 2.71 bits per heavy atom. The smallest absolute Gasteiger partial charge is 0.250 e. The van der Waals surface area contributed by atoms with Crippen molar-refractivity contribution in [3.05, 3.63) is 47.3 Å². The fraction of sp³-hybridized carbons (Fsp3) is 0.167. The van der Waals surface area contributed by atoms with Crippen molar-refractivity contribution in [3.63, 3.8) is 0 Å². The van der Waals surface area contributed by atoms with Gasteiger partial charge >= 0.3 is 0 Å². The molecule has 0 spiro atoms. The van der Waals surface area contributed by atoms with Gasteiger partial charge in [-0.2, -0.15) is 5.10 Å². The van der Waals surface area contributed by atoms with E-state index in [0.717, 1.165) is 17.5 Å². The van der Waals surface area contributed by atoms with Gasteiger partial charge in [0.05, 0.1) is 11.8 Å². The number of carbonyl (C=O) groups excluding carboxylic acids is 1. The fourth-order valence-electron chi connectivity index (χ4n) is 1.75. The summed E-state index contributed by atoms with van der Waals surface area (Å²) in [5.74, 6) is -0.504. The molecule has 0 aliphatic rings. The highest BCUT2D eigenvalue weighted by Gasteiger charge is 2.07. The van der Waals surface area contributed by atoms with Gasteiger partial charge in [-0.1, -0.05) is 6.07 Å². The predicted octanol–water partition coefficient (Wildman–Crippen LogP) is 0.692. The molecule has 0 aliphatic carbocycles. The Labute approximate surface area is 99.0 Å². The molecule has 0 radical (unpaired) electrons. The molecule has 17 heavy (non-hydrogen) atoms. The van der Waals surface area contributed by atoms with Crippen LogP contribution in [-0.4, -0.2) is 15.7 Å². The van der Waals surface area contributed by atoms with Gasteiger partial charge in [-0.25, -0.2) is 0 Å². The zero-order valence-corrected chi connectivity index (χ0v) is 9.55. The molecule has 0 fully saturated rings. The normalized spacial score (nSPS) is 10.4. The van der Waals surface area contributed by atoms with Crippen molar-refractivity contribution >= 4 is 11.6 Å². The summed E-state index contributed by atoms with van der Waals surface area (Å²) in [7, 11) is 1.87. The number of amides is 1. The molecule has 1 aromatic carbocycles. The molecule has 88 valence electrons. The molecule has 0 saturated carbocycles. The van der Waals surface area contributed by atoms with E-state index in [2.05, 4.69) is 5.10 Å². The average molecular weight is 230 g/mol. The average Bonchev–Trinajstić information content (AvgIpc) is 2.63. The molecule has 1 amide bonds. The van der Waals surface area contributed by atoms with Crippen LogP contribution in [-0.2, 0) is 13.5 Å². The number of rotatable bonds is 3. The second kappa shape index (κ2) is 4.29. The summed E-state index contributed by atoms with van der Waals surface area (Å²) in [5.41, 5.74) is 13.8. The maximum atomic E-state index is 11.0. The minimum Gasteiger partial charge on any atom is -0.398 e. The minimum atomic E-state index is -0.504. The van der Waals surface area contributed by atoms with Crippen LogP contribution >= 0.6 is 0 Å². The molecule has 5 nitrogen and oxygen atoms in total. The van der Waals surface area contributed by atoms with E-state index < -0.39 is 5.91 Å². The van der Waals surface area contributed by atoms with E-state index in [4.69, 9.17) is 11.5 Å². The van der Waals surface area contributed by atoms with Gasteiger partial charge < -0.3 is 11.5 Å². The zero-order chi connectivity index (χ0) is 12.4. The summed E-state index contributed by atoms with van der Waals surface area (Å²) in [6, 6.07) is 5.28. The van der Waals surface area contributed by atoms with Crippen molar-refractivity contribution in [1.29, 1.82) is 0 Å². The number of aryl methyl sites for hydroxylation is 1. The quantitative estimate of drug-likeness (QED) is 0.760. The number of hydrogen-bond donors (Lipinski definition) is 2. The molecule has 5 heteroatoms. The number of aromatic nitrogens is 2. The maximum Gasteiger partial charge on any atom is 0.250 e. The van der Waals surface area contributed by atoms with Crippen molar-refractivity contribution in [2.24, 2.45) is 12.8 Å². The first-order valence-electron chi connectivity index (χ1n) is 5.22. The largest absolute Gasteiger partial charge is 0.398 e. The van der Waals surface area contributed by atoms with Crippen LogP contribution in [0.3, 0.4) is 0 Å². The van der Waals surface area contributed by atoms with Crippen molar-refractivity contribution in [3.8, 4) is 0 Å². The van der Waals surface area contributed by atoms with Crippen LogP contribution < -0.4 is 11.5 Å². The first-order chi connectivity index (χ1) is 8.06. The molecular formula is C12H14N4O. The van der Waals surface area contributed by atoms with Crippen LogP contribution in [0.4, 0.5) is 5.69 Å². The Morgan fingerprint density at radius 2 is 2.18 bits per heavy atom. The number of primary amides is 1. The number of nitrogen functional groups attached to an aromatic ring is 1. The molecular weight excluding hydrogens is 216 g/mol. The van der Waals surface area contributed by atoms with E-state index in [1.165, 1.54) is 0 Å². The third-order valence-electron chi connectivity index (χ3n) is 2.55. The van der Waals surface area contributed by atoms with Crippen molar-refractivity contribution < 1.29 is 4.79 Å². The van der Waals surface area contributed by atoms with E-state index in [9.17, 15) is 4.79 Å². The second-order valence-electron chi connectivity index (χ2n) is 3.98. The molecule has 0 saturated heterocycles. The van der Waals surface area contributed by atoms with E-state index in [1.807, 2.05) is 19.3 Å². The van der Waals surface area contributed by atoms with Gasteiger partial charge in [0.1, 0.15) is 0 Å². The Morgan fingerprint density at radius 1 is 1.41 bits per heavy atom. The van der Waals surface area contributed by atoms with E-state index >= 15 is 0 Å². The SMILES string of the molecule is Cn1cc(Cc2ccc(C(N)=O)c(N)c2)cn1. The van der Waals surface area contributed by atoms with Crippen LogP contribution in [0.5, 0.6) is 0 Å². The number of nitrogens with zero attached hydrogens (tertiary/aromatic N) is 2. The summed E-state index contributed by atoms with van der Waals surface area (Å²) in [5, 5.41) is 4.09. The number of benzene rings is 1. The van der Waals surface area contributed by atoms with Crippen molar-refractivity contribution in [2.75, 3.05) is 5.73 Å². The van der Waals surface area contributed by atoms with Gasteiger partial charge in [0.25, 0.3) is 5.91 Å². The third-order valence-corrected chi connectivity index (χ3v) is 2.55. The Hall–Kier alpha value is -2.30. The number of hydrogen-bond acceptors (Lipinski definition) is 3. The summed E-state index contributed by atoms with van der Waals surface area (Å²) in [6.07, 6.45) is 4.48. The molecule has 1 aromatic heterocycles. The highest BCUT2D eigenvalue weighted by atomic mass is 16.1. The van der Waals surface area contributed by atoms with Crippen LogP contribution in [0, 0.1) is 0 Å². The van der Waals surface area contributed by atoms with Gasteiger partial charge in [0, 0.05) is 25.4 Å². The predicted molar refractivity (Wildman–Crippen MR) is 65.4 cm³/mol. The standard InChI is InChI=1S/C12H14N4O/c1-16-7-9(6-15-16)4-8-2-3-10(12(14)17)11(13)5-8/h2-3,5-7H,4,13H2,1H3,(H2,14,17). The van der Waals surface area contributed by atoms with Gasteiger partial charge in [-0.05, 0) is 23.3 Å². The molecule has 4 N–H and O–H groups in total. The lowest BCUT2D eigenvalue weighted by Crippen LogP contribution is -2.13. The molecule has 0 aliphatic heterocycles. The Kier molecular flexibility index (Phi) is 2.82. The topological polar surface area (TPSA) is 86.9 Å². The van der Waals surface area contributed by atoms with E-state index in [0.29, 0.717) is 11.3 Å². The van der Waals surface area contributed by atoms with Gasteiger partial charge in [0.2, 0.25) is 0 Å². The molecule has 0 atom stereocenters. The Bertz CT molecular complexity index is 559. The zero-order valence-electron chi connectivity index (χ0n) is 9.55. The van der Waals surface area contributed by atoms with Gasteiger partial charge in [0.15, 0.2) is 0 Å². The Balaban J connectivity index is 2.23. The van der Waals surface area contributed by atoms with Crippen LogP contribution in [0.25, 0.3) is 0 Å². The number of carbonyl (C=O) groups is 1. The fourth-order valence-corrected chi connectivity index (χ4v) is 1.75. The van der Waals surface area contributed by atoms with E-state index in [-0.39, 0.29) is 0 Å². The molecule has 1 heterocycles. The van der Waals surface area contributed by atoms with Crippen LogP contribution in [0.1, 0.15) is 21.5 Å². The summed E-state index contributed by atoms with van der Waals surface area (Å²) < 4.78 is 1.75. The van der Waals surface area contributed by atoms with Crippen molar-refractivity contribution in [2.45, 2.75) is 6.42 Å². The lowest BCUT2D eigenvalue weighted by molar-refractivity contribution is 0.100. The first-order valence-corrected chi connectivity index (χ1v) is 5.22. The second-order valence-corrected chi connectivity index (χ2v) is 3.98. The molecule has 0 unspecified atom stereocenters. The monoisotopic (exact) mass is 230 g/mol. The van der Waals surface area contributed by atoms with Gasteiger partial charge in [-0.3, -0.25) is 9.48 Å². The first kappa shape index (κ1) is 11.2.